The lowest BCUT2D eigenvalue weighted by Crippen LogP contribution is -2.52. The Bertz CT molecular complexity index is 293. The Labute approximate surface area is 101 Å². The van der Waals surface area contributed by atoms with Crippen LogP contribution in [0, 0.1) is 0 Å². The molecule has 0 bridgehead atoms. The first-order valence-electron chi connectivity index (χ1n) is 5.48. The maximum Gasteiger partial charge on any atom is 0.321 e. The molecule has 0 fully saturated rings. The van der Waals surface area contributed by atoms with Crippen molar-refractivity contribution in [1.82, 2.24) is 21.3 Å². The Balaban J connectivity index is 4.13. The highest BCUT2D eigenvalue weighted by molar-refractivity contribution is 5.97. The van der Waals surface area contributed by atoms with E-state index in [0.29, 0.717) is 6.54 Å². The van der Waals surface area contributed by atoms with Crippen LogP contribution in [0.25, 0.3) is 0 Å². The van der Waals surface area contributed by atoms with Gasteiger partial charge in [-0.2, -0.15) is 0 Å². The number of amides is 4. The molecule has 0 spiro atoms. The lowest BCUT2D eigenvalue weighted by Gasteiger charge is -2.18. The molecule has 0 rings (SSSR count). The first-order chi connectivity index (χ1) is 7.92. The lowest BCUT2D eigenvalue weighted by molar-refractivity contribution is -0.124. The van der Waals surface area contributed by atoms with Crippen molar-refractivity contribution < 1.29 is 14.4 Å². The van der Waals surface area contributed by atoms with Gasteiger partial charge in [0, 0.05) is 13.6 Å². The van der Waals surface area contributed by atoms with Crippen LogP contribution in [-0.4, -0.2) is 43.5 Å². The molecule has 98 valence electrons. The molecule has 0 aromatic carbocycles. The zero-order valence-electron chi connectivity index (χ0n) is 10.6. The molecule has 2 atom stereocenters. The molecule has 7 heteroatoms. The second-order valence-corrected chi connectivity index (χ2v) is 3.57. The summed E-state index contributed by atoms with van der Waals surface area (Å²) in [6.45, 7) is 5.40. The topological polar surface area (TPSA) is 99.3 Å². The third-order valence-electron chi connectivity index (χ3n) is 2.11. The van der Waals surface area contributed by atoms with Gasteiger partial charge in [0.15, 0.2) is 0 Å². The number of imide groups is 1. The third kappa shape index (κ3) is 5.86. The highest BCUT2D eigenvalue weighted by atomic mass is 16.2. The van der Waals surface area contributed by atoms with Crippen LogP contribution >= 0.6 is 0 Å². The van der Waals surface area contributed by atoms with E-state index in [0.717, 1.165) is 0 Å². The van der Waals surface area contributed by atoms with E-state index < -0.39 is 24.0 Å². The van der Waals surface area contributed by atoms with Gasteiger partial charge in [0.1, 0.15) is 0 Å². The van der Waals surface area contributed by atoms with Gasteiger partial charge in [0.2, 0.25) is 11.8 Å². The summed E-state index contributed by atoms with van der Waals surface area (Å²) in [6.07, 6.45) is 0. The van der Waals surface area contributed by atoms with E-state index in [1.165, 1.54) is 7.05 Å². The minimum Gasteiger partial charge on any atom is -0.358 e. The summed E-state index contributed by atoms with van der Waals surface area (Å²) in [5.74, 6) is -0.700. The summed E-state index contributed by atoms with van der Waals surface area (Å²) < 4.78 is 0. The van der Waals surface area contributed by atoms with Crippen molar-refractivity contribution in [2.24, 2.45) is 0 Å². The highest BCUT2D eigenvalue weighted by Crippen LogP contribution is 1.88. The number of carbonyl (C=O) groups is 3. The molecule has 7 nitrogen and oxygen atoms in total. The number of carbonyl (C=O) groups excluding carboxylic acids is 3. The van der Waals surface area contributed by atoms with Crippen LogP contribution in [0.4, 0.5) is 4.79 Å². The predicted octanol–water partition coefficient (Wildman–Crippen LogP) is -1.06. The molecular weight excluding hydrogens is 224 g/mol. The number of nitrogens with one attached hydrogen (secondary N) is 4. The zero-order valence-corrected chi connectivity index (χ0v) is 10.6. The van der Waals surface area contributed by atoms with Crippen LogP contribution in [0.1, 0.15) is 20.8 Å². The molecule has 0 aliphatic rings. The largest absolute Gasteiger partial charge is 0.358 e. The number of urea groups is 1. The quantitative estimate of drug-likeness (QED) is 0.495. The molecule has 0 saturated heterocycles. The Hall–Kier alpha value is -1.63. The van der Waals surface area contributed by atoms with Gasteiger partial charge in [-0.15, -0.1) is 0 Å². The summed E-state index contributed by atoms with van der Waals surface area (Å²) in [5.41, 5.74) is 0. The summed E-state index contributed by atoms with van der Waals surface area (Å²) in [6, 6.07) is -1.68. The van der Waals surface area contributed by atoms with E-state index in [1.54, 1.807) is 20.8 Å². The molecule has 4 N–H and O–H groups in total. The van der Waals surface area contributed by atoms with Crippen LogP contribution in [-0.2, 0) is 9.59 Å². The number of likely N-dealkylation sites (N-methyl/N-ethyl adjacent to an activating group) is 1. The summed E-state index contributed by atoms with van der Waals surface area (Å²) in [7, 11) is 1.51. The maximum atomic E-state index is 11.5. The van der Waals surface area contributed by atoms with Gasteiger partial charge in [0.05, 0.1) is 12.1 Å². The third-order valence-corrected chi connectivity index (χ3v) is 2.11. The van der Waals surface area contributed by atoms with E-state index in [-0.39, 0.29) is 5.91 Å². The fourth-order valence-electron chi connectivity index (χ4n) is 1.17. The van der Waals surface area contributed by atoms with Crippen molar-refractivity contribution in [3.8, 4) is 0 Å². The highest BCUT2D eigenvalue weighted by Gasteiger charge is 2.20. The number of rotatable bonds is 5. The second-order valence-electron chi connectivity index (χ2n) is 3.57. The van der Waals surface area contributed by atoms with Gasteiger partial charge in [-0.25, -0.2) is 4.79 Å². The minimum atomic E-state index is -0.634. The van der Waals surface area contributed by atoms with Gasteiger partial charge < -0.3 is 10.6 Å². The van der Waals surface area contributed by atoms with Gasteiger partial charge >= 0.3 is 6.03 Å². The van der Waals surface area contributed by atoms with Crippen LogP contribution in [0.5, 0.6) is 0 Å². The van der Waals surface area contributed by atoms with Crippen molar-refractivity contribution in [1.29, 1.82) is 0 Å². The molecule has 4 amide bonds. The van der Waals surface area contributed by atoms with Crippen LogP contribution in [0.15, 0.2) is 0 Å². The standard InChI is InChI=1S/C10H20N4O3/c1-5-12-10(17)14-9(16)7(3)13-6(2)8(15)11-4/h6-7,13H,5H2,1-4H3,(H,11,15)(H2,12,14,16,17). The van der Waals surface area contributed by atoms with Crippen molar-refractivity contribution in [2.75, 3.05) is 13.6 Å². The van der Waals surface area contributed by atoms with Gasteiger partial charge in [-0.1, -0.05) is 0 Å². The Morgan fingerprint density at radius 2 is 1.59 bits per heavy atom. The van der Waals surface area contributed by atoms with Gasteiger partial charge in [-0.3, -0.25) is 20.2 Å². The molecule has 0 aliphatic carbocycles. The monoisotopic (exact) mass is 244 g/mol. The first kappa shape index (κ1) is 15.4. The number of hydrogen-bond donors (Lipinski definition) is 4. The smallest absolute Gasteiger partial charge is 0.321 e. The minimum absolute atomic E-state index is 0.220. The SMILES string of the molecule is CCNC(=O)NC(=O)C(C)NC(C)C(=O)NC. The van der Waals surface area contributed by atoms with Gasteiger partial charge in [0.25, 0.3) is 0 Å². The van der Waals surface area contributed by atoms with Crippen LogP contribution in [0.3, 0.4) is 0 Å². The molecule has 0 aromatic heterocycles. The molecule has 0 heterocycles. The summed E-state index contributed by atoms with van der Waals surface area (Å²) in [4.78, 5) is 33.8. The van der Waals surface area contributed by atoms with Crippen molar-refractivity contribution in [3.63, 3.8) is 0 Å². The molecular formula is C10H20N4O3. The Morgan fingerprint density at radius 1 is 1.06 bits per heavy atom. The van der Waals surface area contributed by atoms with E-state index in [1.807, 2.05) is 0 Å². The fourth-order valence-corrected chi connectivity index (χ4v) is 1.17. The Kier molecular flexibility index (Phi) is 6.88. The first-order valence-corrected chi connectivity index (χ1v) is 5.48. The van der Waals surface area contributed by atoms with E-state index in [9.17, 15) is 14.4 Å². The molecule has 0 aromatic rings. The van der Waals surface area contributed by atoms with Gasteiger partial charge in [-0.05, 0) is 20.8 Å². The van der Waals surface area contributed by atoms with Crippen molar-refractivity contribution in [2.45, 2.75) is 32.9 Å². The molecule has 0 saturated carbocycles. The summed E-state index contributed by atoms with van der Waals surface area (Å²) >= 11 is 0. The molecule has 0 radical (unpaired) electrons. The summed E-state index contributed by atoms with van der Waals surface area (Å²) in [5, 5.41) is 9.83. The van der Waals surface area contributed by atoms with Crippen LogP contribution < -0.4 is 21.3 Å². The zero-order chi connectivity index (χ0) is 13.4. The molecule has 17 heavy (non-hydrogen) atoms. The lowest BCUT2D eigenvalue weighted by atomic mass is 10.2. The fraction of sp³-hybridized carbons (Fsp3) is 0.700. The average Bonchev–Trinajstić information content (AvgIpc) is 2.27. The normalized spacial score (nSPS) is 13.4. The van der Waals surface area contributed by atoms with Crippen LogP contribution in [0.2, 0.25) is 0 Å². The van der Waals surface area contributed by atoms with E-state index >= 15 is 0 Å². The molecule has 2 unspecified atom stereocenters. The predicted molar refractivity (Wildman–Crippen MR) is 63.3 cm³/mol. The Morgan fingerprint density at radius 3 is 2.06 bits per heavy atom. The van der Waals surface area contributed by atoms with E-state index in [2.05, 4.69) is 21.3 Å². The van der Waals surface area contributed by atoms with Crippen molar-refractivity contribution in [3.05, 3.63) is 0 Å². The van der Waals surface area contributed by atoms with E-state index in [4.69, 9.17) is 0 Å². The maximum absolute atomic E-state index is 11.5. The average molecular weight is 244 g/mol. The second kappa shape index (κ2) is 7.61. The number of hydrogen-bond acceptors (Lipinski definition) is 4. The van der Waals surface area contributed by atoms with Crippen molar-refractivity contribution >= 4 is 17.8 Å². The molecule has 0 aliphatic heterocycles.